The molecule has 2 heterocycles. The molecule has 8 nitrogen and oxygen atoms in total. The fourth-order valence-corrected chi connectivity index (χ4v) is 3.87. The molecule has 1 aromatic heterocycles. The lowest BCUT2D eigenvalue weighted by molar-refractivity contribution is 0.561. The van der Waals surface area contributed by atoms with Crippen molar-refractivity contribution in [3.8, 4) is 17.3 Å². The van der Waals surface area contributed by atoms with Gasteiger partial charge in [-0.25, -0.2) is 18.4 Å². The number of fused-ring (bicyclic) bond motifs is 1. The summed E-state index contributed by atoms with van der Waals surface area (Å²) in [6.45, 7) is 1.97. The minimum atomic E-state index is -3.27. The molecule has 0 saturated heterocycles. The van der Waals surface area contributed by atoms with E-state index >= 15 is 0 Å². The van der Waals surface area contributed by atoms with E-state index in [2.05, 4.69) is 21.4 Å². The maximum Gasteiger partial charge on any atom is 0.175 e. The number of anilines is 1. The molecule has 0 fully saturated rings. The van der Waals surface area contributed by atoms with Crippen molar-refractivity contribution in [2.75, 3.05) is 12.0 Å². The molecular weight excluding hydrogens is 388 g/mol. The van der Waals surface area contributed by atoms with Gasteiger partial charge < -0.3 is 11.1 Å². The van der Waals surface area contributed by atoms with Crippen molar-refractivity contribution in [2.45, 2.75) is 23.8 Å². The first-order valence-electron chi connectivity index (χ1n) is 8.82. The quantitative estimate of drug-likeness (QED) is 0.796. The number of amidine groups is 1. The van der Waals surface area contributed by atoms with Crippen molar-refractivity contribution < 1.29 is 8.42 Å². The van der Waals surface area contributed by atoms with Gasteiger partial charge in [0, 0.05) is 23.1 Å². The Labute approximate surface area is 168 Å². The molecule has 2 aromatic rings. The van der Waals surface area contributed by atoms with Gasteiger partial charge >= 0.3 is 0 Å². The van der Waals surface area contributed by atoms with E-state index in [0.717, 1.165) is 12.0 Å². The second-order valence-corrected chi connectivity index (χ2v) is 9.19. The van der Waals surface area contributed by atoms with Gasteiger partial charge in [0.1, 0.15) is 11.2 Å². The molecule has 1 aliphatic heterocycles. The lowest BCUT2D eigenvalue weighted by atomic mass is 9.89. The number of nitriles is 1. The van der Waals surface area contributed by atoms with Gasteiger partial charge in [0.25, 0.3) is 0 Å². The highest BCUT2D eigenvalue weighted by Crippen LogP contribution is 2.35. The van der Waals surface area contributed by atoms with Crippen LogP contribution in [-0.4, -0.2) is 36.0 Å². The Kier molecular flexibility index (Phi) is 4.24. The Morgan fingerprint density at radius 2 is 2.00 bits per heavy atom. The molecule has 1 aliphatic carbocycles. The van der Waals surface area contributed by atoms with Gasteiger partial charge in [0.05, 0.1) is 22.9 Å². The lowest BCUT2D eigenvalue weighted by Crippen LogP contribution is -2.29. The monoisotopic (exact) mass is 406 g/mol. The van der Waals surface area contributed by atoms with Crippen molar-refractivity contribution in [1.29, 1.82) is 5.26 Å². The third kappa shape index (κ3) is 3.39. The van der Waals surface area contributed by atoms with Crippen LogP contribution in [0, 0.1) is 11.3 Å². The van der Waals surface area contributed by atoms with Crippen molar-refractivity contribution in [3.63, 3.8) is 0 Å². The van der Waals surface area contributed by atoms with Crippen LogP contribution in [0.3, 0.4) is 0 Å². The highest BCUT2D eigenvalue weighted by Gasteiger charge is 2.38. The molecule has 0 radical (unpaired) electrons. The van der Waals surface area contributed by atoms with Crippen LogP contribution in [0.15, 0.2) is 63.8 Å². The summed E-state index contributed by atoms with van der Waals surface area (Å²) in [7, 11) is -3.27. The van der Waals surface area contributed by atoms with Crippen molar-refractivity contribution in [1.82, 2.24) is 15.3 Å². The number of hydrogen-bond donors (Lipinski definition) is 2. The molecule has 0 saturated carbocycles. The first-order chi connectivity index (χ1) is 13.7. The summed E-state index contributed by atoms with van der Waals surface area (Å²) < 4.78 is 23.3. The van der Waals surface area contributed by atoms with Gasteiger partial charge in [-0.05, 0) is 31.6 Å². The first kappa shape index (κ1) is 18.8. The molecule has 1 unspecified atom stereocenters. The highest BCUT2D eigenvalue weighted by molar-refractivity contribution is 7.90. The molecular formula is C20H18N6O2S. The van der Waals surface area contributed by atoms with E-state index in [0.29, 0.717) is 34.8 Å². The van der Waals surface area contributed by atoms with E-state index in [9.17, 15) is 8.42 Å². The van der Waals surface area contributed by atoms with Crippen LogP contribution in [0.25, 0.3) is 11.3 Å². The number of nitrogens with one attached hydrogen (secondary N) is 1. The van der Waals surface area contributed by atoms with E-state index < -0.39 is 15.4 Å². The van der Waals surface area contributed by atoms with Crippen molar-refractivity contribution in [2.24, 2.45) is 4.99 Å². The van der Waals surface area contributed by atoms with E-state index in [4.69, 9.17) is 16.0 Å². The van der Waals surface area contributed by atoms with Gasteiger partial charge in [-0.1, -0.05) is 18.2 Å². The van der Waals surface area contributed by atoms with E-state index in [1.807, 2.05) is 13.0 Å². The minimum Gasteiger partial charge on any atom is -0.382 e. The summed E-state index contributed by atoms with van der Waals surface area (Å²) in [5.74, 6) is 0.718. The lowest BCUT2D eigenvalue weighted by Gasteiger charge is -2.23. The summed E-state index contributed by atoms with van der Waals surface area (Å²) in [6.07, 6.45) is 6.92. The number of rotatable bonds is 3. The molecule has 3 N–H and O–H groups in total. The maximum absolute atomic E-state index is 11.7. The van der Waals surface area contributed by atoms with Gasteiger partial charge in [-0.15, -0.1) is 0 Å². The number of aliphatic imine (C=N–C) groups is 1. The Hall–Kier alpha value is -3.51. The number of nitrogen functional groups attached to an aromatic ring is 1. The third-order valence-corrected chi connectivity index (χ3v) is 6.07. The van der Waals surface area contributed by atoms with Crippen molar-refractivity contribution >= 4 is 21.5 Å². The van der Waals surface area contributed by atoms with Crippen LogP contribution in [0.1, 0.15) is 19.0 Å². The predicted molar refractivity (Wildman–Crippen MR) is 109 cm³/mol. The Morgan fingerprint density at radius 3 is 2.66 bits per heavy atom. The zero-order valence-electron chi connectivity index (χ0n) is 15.8. The van der Waals surface area contributed by atoms with Crippen LogP contribution < -0.4 is 11.1 Å². The van der Waals surface area contributed by atoms with Crippen LogP contribution in [-0.2, 0) is 9.84 Å². The van der Waals surface area contributed by atoms with Crippen LogP contribution in [0.2, 0.25) is 0 Å². The fourth-order valence-electron chi connectivity index (χ4n) is 3.24. The molecule has 0 amide bonds. The smallest absolute Gasteiger partial charge is 0.175 e. The summed E-state index contributed by atoms with van der Waals surface area (Å²) in [6, 6.07) is 8.56. The first-order valence-corrected chi connectivity index (χ1v) is 10.7. The number of benzene rings is 1. The normalized spacial score (nSPS) is 20.7. The molecule has 0 bridgehead atoms. The number of nitrogens with two attached hydrogens (primary N) is 1. The highest BCUT2D eigenvalue weighted by atomic mass is 32.2. The number of nitrogens with zero attached hydrogens (tertiary/aromatic N) is 4. The number of aromatic nitrogens is 2. The SMILES string of the molecule is CC12CC=C(C#N)C=C1NC(c1nc(-c3ccc(S(C)(=O)=O)cc3)cnc1N)=N2. The second-order valence-electron chi connectivity index (χ2n) is 7.18. The van der Waals surface area contributed by atoms with Crippen LogP contribution >= 0.6 is 0 Å². The molecule has 2 aliphatic rings. The topological polar surface area (TPSA) is 134 Å². The van der Waals surface area contributed by atoms with Crippen LogP contribution in [0.5, 0.6) is 0 Å². The van der Waals surface area contributed by atoms with Crippen LogP contribution in [0.4, 0.5) is 5.82 Å². The summed E-state index contributed by atoms with van der Waals surface area (Å²) in [5, 5.41) is 12.4. The minimum absolute atomic E-state index is 0.226. The Bertz CT molecular complexity index is 1250. The number of sulfone groups is 1. The zero-order valence-corrected chi connectivity index (χ0v) is 16.7. The fraction of sp³-hybridized carbons (Fsp3) is 0.200. The Morgan fingerprint density at radius 1 is 1.28 bits per heavy atom. The molecule has 1 aromatic carbocycles. The zero-order chi connectivity index (χ0) is 20.8. The van der Waals surface area contributed by atoms with Gasteiger partial charge in [-0.2, -0.15) is 5.26 Å². The van der Waals surface area contributed by atoms with E-state index in [-0.39, 0.29) is 10.7 Å². The maximum atomic E-state index is 11.7. The van der Waals surface area contributed by atoms with E-state index in [1.165, 1.54) is 18.3 Å². The largest absolute Gasteiger partial charge is 0.382 e. The van der Waals surface area contributed by atoms with Crippen molar-refractivity contribution in [3.05, 3.63) is 59.6 Å². The summed E-state index contributed by atoms with van der Waals surface area (Å²) in [4.78, 5) is 13.8. The summed E-state index contributed by atoms with van der Waals surface area (Å²) >= 11 is 0. The molecule has 0 spiro atoms. The molecule has 29 heavy (non-hydrogen) atoms. The second kappa shape index (κ2) is 6.53. The third-order valence-electron chi connectivity index (χ3n) is 4.94. The van der Waals surface area contributed by atoms with Gasteiger partial charge in [0.15, 0.2) is 21.5 Å². The van der Waals surface area contributed by atoms with Gasteiger partial charge in [0.2, 0.25) is 0 Å². The Balaban J connectivity index is 1.71. The molecule has 4 rings (SSSR count). The van der Waals surface area contributed by atoms with Gasteiger partial charge in [-0.3, -0.25) is 4.99 Å². The number of hydrogen-bond acceptors (Lipinski definition) is 8. The standard InChI is InChI=1S/C20H18N6O2S/c1-20-8-7-12(10-21)9-16(20)25-19(26-20)17-18(22)23-11-15(24-17)13-3-5-14(6-4-13)29(2,27)28/h3-7,9,11H,8H2,1-2H3,(H2,22,23)(H,25,26). The molecule has 9 heteroatoms. The molecule has 146 valence electrons. The van der Waals surface area contributed by atoms with E-state index in [1.54, 1.807) is 18.2 Å². The molecule has 1 atom stereocenters. The average molecular weight is 406 g/mol. The predicted octanol–water partition coefficient (Wildman–Crippen LogP) is 1.98. The number of allylic oxidation sites excluding steroid dienone is 2. The summed E-state index contributed by atoms with van der Waals surface area (Å²) in [5.41, 5.74) is 8.61. The average Bonchev–Trinajstić information content (AvgIpc) is 3.04.